The molecule has 0 atom stereocenters. The van der Waals surface area contributed by atoms with Gasteiger partial charge in [0.1, 0.15) is 6.33 Å². The van der Waals surface area contributed by atoms with Crippen molar-refractivity contribution in [2.24, 2.45) is 0 Å². The van der Waals surface area contributed by atoms with Crippen molar-refractivity contribution in [3.05, 3.63) is 12.2 Å². The van der Waals surface area contributed by atoms with Gasteiger partial charge in [-0.3, -0.25) is 0 Å². The van der Waals surface area contributed by atoms with Crippen molar-refractivity contribution in [1.29, 1.82) is 0 Å². The van der Waals surface area contributed by atoms with Crippen molar-refractivity contribution in [1.82, 2.24) is 24.8 Å². The number of rotatable bonds is 1. The number of nitrogens with zero attached hydrogens (tertiary/aromatic N) is 5. The van der Waals surface area contributed by atoms with Gasteiger partial charge in [-0.15, -0.1) is 10.2 Å². The molecule has 0 radical (unpaired) electrons. The molecule has 0 aromatic carbocycles. The molecule has 0 amide bonds. The highest BCUT2D eigenvalue weighted by molar-refractivity contribution is 5.57. The molecule has 16 heavy (non-hydrogen) atoms. The molecule has 1 saturated carbocycles. The first-order chi connectivity index (χ1) is 7.86. The third-order valence-corrected chi connectivity index (χ3v) is 3.23. The van der Waals surface area contributed by atoms with E-state index in [1.165, 1.54) is 38.4 Å². The van der Waals surface area contributed by atoms with Crippen molar-refractivity contribution in [3.63, 3.8) is 0 Å². The van der Waals surface area contributed by atoms with Crippen LogP contribution in [-0.4, -0.2) is 24.8 Å². The highest BCUT2D eigenvalue weighted by Crippen LogP contribution is 2.31. The van der Waals surface area contributed by atoms with Gasteiger partial charge in [-0.25, -0.2) is 4.98 Å². The van der Waals surface area contributed by atoms with Crippen molar-refractivity contribution in [3.8, 4) is 0 Å². The summed E-state index contributed by atoms with van der Waals surface area (Å²) < 4.78 is 1.73. The molecule has 3 rings (SSSR count). The second-order valence-corrected chi connectivity index (χ2v) is 4.27. The third-order valence-electron chi connectivity index (χ3n) is 3.23. The van der Waals surface area contributed by atoms with Gasteiger partial charge in [-0.1, -0.05) is 19.3 Å². The maximum absolute atomic E-state index is 5.72. The Labute approximate surface area is 92.9 Å². The van der Waals surface area contributed by atoms with E-state index >= 15 is 0 Å². The van der Waals surface area contributed by atoms with Gasteiger partial charge in [-0.05, 0) is 12.8 Å². The summed E-state index contributed by atoms with van der Waals surface area (Å²) in [5, 5.41) is 12.4. The molecule has 1 aliphatic carbocycles. The van der Waals surface area contributed by atoms with E-state index in [0.29, 0.717) is 17.4 Å². The molecule has 0 unspecified atom stereocenters. The molecule has 0 saturated heterocycles. The first kappa shape index (κ1) is 9.50. The molecule has 2 aromatic heterocycles. The molecule has 0 bridgehead atoms. The summed E-state index contributed by atoms with van der Waals surface area (Å²) in [5.41, 5.74) is 6.30. The van der Waals surface area contributed by atoms with Crippen LogP contribution in [0.25, 0.3) is 5.65 Å². The fourth-order valence-corrected chi connectivity index (χ4v) is 2.38. The fourth-order valence-electron chi connectivity index (χ4n) is 2.38. The van der Waals surface area contributed by atoms with Gasteiger partial charge in [0.25, 0.3) is 0 Å². The Morgan fingerprint density at radius 3 is 2.81 bits per heavy atom. The van der Waals surface area contributed by atoms with Crippen molar-refractivity contribution in [2.45, 2.75) is 38.0 Å². The van der Waals surface area contributed by atoms with E-state index in [0.717, 1.165) is 5.82 Å². The maximum atomic E-state index is 5.72. The summed E-state index contributed by atoms with van der Waals surface area (Å²) in [6, 6.07) is 0. The van der Waals surface area contributed by atoms with Crippen LogP contribution in [-0.2, 0) is 0 Å². The minimum atomic E-state index is 0.393. The van der Waals surface area contributed by atoms with Gasteiger partial charge in [0, 0.05) is 5.92 Å². The molecule has 6 heteroatoms. The van der Waals surface area contributed by atoms with Gasteiger partial charge in [-0.2, -0.15) is 9.61 Å². The zero-order chi connectivity index (χ0) is 11.0. The number of nitrogen functional groups attached to an aromatic ring is 1. The quantitative estimate of drug-likeness (QED) is 0.776. The molecule has 2 heterocycles. The highest BCUT2D eigenvalue weighted by atomic mass is 15.4. The minimum absolute atomic E-state index is 0.393. The van der Waals surface area contributed by atoms with Crippen LogP contribution in [0.3, 0.4) is 0 Å². The Kier molecular flexibility index (Phi) is 2.19. The Bertz CT molecular complexity index is 499. The van der Waals surface area contributed by atoms with Crippen molar-refractivity contribution in [2.75, 3.05) is 5.73 Å². The topological polar surface area (TPSA) is 82.0 Å². The van der Waals surface area contributed by atoms with Gasteiger partial charge in [0.15, 0.2) is 11.6 Å². The van der Waals surface area contributed by atoms with Crippen molar-refractivity contribution < 1.29 is 0 Å². The first-order valence-corrected chi connectivity index (χ1v) is 5.68. The predicted molar refractivity (Wildman–Crippen MR) is 58.8 cm³/mol. The number of nitrogens with two attached hydrogens (primary N) is 1. The zero-order valence-corrected chi connectivity index (χ0v) is 9.00. The van der Waals surface area contributed by atoms with E-state index in [4.69, 9.17) is 5.73 Å². The monoisotopic (exact) mass is 218 g/mol. The SMILES string of the molecule is Nc1ncnn2c(C3CCCCC3)nnc12. The molecule has 1 fully saturated rings. The fraction of sp³-hybridized carbons (Fsp3) is 0.600. The average Bonchev–Trinajstić information content (AvgIpc) is 2.75. The number of anilines is 1. The Balaban J connectivity index is 2.06. The molecular formula is C10H14N6. The van der Waals surface area contributed by atoms with Crippen LogP contribution in [0.4, 0.5) is 5.82 Å². The van der Waals surface area contributed by atoms with Crippen molar-refractivity contribution >= 4 is 11.5 Å². The van der Waals surface area contributed by atoms with E-state index in [2.05, 4.69) is 20.3 Å². The van der Waals surface area contributed by atoms with Gasteiger partial charge < -0.3 is 5.73 Å². The van der Waals surface area contributed by atoms with Gasteiger partial charge in [0.2, 0.25) is 5.65 Å². The largest absolute Gasteiger partial charge is 0.380 e. The summed E-state index contributed by atoms with van der Waals surface area (Å²) >= 11 is 0. The Morgan fingerprint density at radius 2 is 2.00 bits per heavy atom. The summed E-state index contributed by atoms with van der Waals surface area (Å²) in [5.74, 6) is 1.80. The van der Waals surface area contributed by atoms with Crippen LogP contribution in [0, 0.1) is 0 Å². The Morgan fingerprint density at radius 1 is 1.19 bits per heavy atom. The number of fused-ring (bicyclic) bond motifs is 1. The maximum Gasteiger partial charge on any atom is 0.220 e. The van der Waals surface area contributed by atoms with Crippen LogP contribution in [0.2, 0.25) is 0 Å². The number of hydrogen-bond acceptors (Lipinski definition) is 5. The molecule has 2 N–H and O–H groups in total. The van der Waals surface area contributed by atoms with Crippen LogP contribution in [0.15, 0.2) is 6.33 Å². The lowest BCUT2D eigenvalue weighted by atomic mass is 9.89. The number of aromatic nitrogens is 5. The lowest BCUT2D eigenvalue weighted by Crippen LogP contribution is -2.10. The van der Waals surface area contributed by atoms with Crippen LogP contribution >= 0.6 is 0 Å². The van der Waals surface area contributed by atoms with Gasteiger partial charge in [0.05, 0.1) is 0 Å². The summed E-state index contributed by atoms with van der Waals surface area (Å²) in [4.78, 5) is 3.91. The van der Waals surface area contributed by atoms with E-state index < -0.39 is 0 Å². The summed E-state index contributed by atoms with van der Waals surface area (Å²) in [6.45, 7) is 0. The number of hydrogen-bond donors (Lipinski definition) is 1. The second kappa shape index (κ2) is 3.70. The smallest absolute Gasteiger partial charge is 0.220 e. The molecular weight excluding hydrogens is 204 g/mol. The zero-order valence-electron chi connectivity index (χ0n) is 9.00. The van der Waals surface area contributed by atoms with Crippen LogP contribution < -0.4 is 5.73 Å². The average molecular weight is 218 g/mol. The lowest BCUT2D eigenvalue weighted by molar-refractivity contribution is 0.422. The van der Waals surface area contributed by atoms with Crippen LogP contribution in [0.1, 0.15) is 43.8 Å². The lowest BCUT2D eigenvalue weighted by Gasteiger charge is -2.19. The second-order valence-electron chi connectivity index (χ2n) is 4.27. The highest BCUT2D eigenvalue weighted by Gasteiger charge is 2.22. The molecule has 84 valence electrons. The van der Waals surface area contributed by atoms with E-state index in [1.807, 2.05) is 0 Å². The van der Waals surface area contributed by atoms with Gasteiger partial charge >= 0.3 is 0 Å². The molecule has 2 aromatic rings. The standard InChI is InChI=1S/C10H14N6/c11-8-10-15-14-9(16(10)13-6-12-8)7-4-2-1-3-5-7/h6-7H,1-5H2,(H2,11,12,13). The molecule has 6 nitrogen and oxygen atoms in total. The summed E-state index contributed by atoms with van der Waals surface area (Å²) in [6.07, 6.45) is 7.65. The molecule has 0 spiro atoms. The first-order valence-electron chi connectivity index (χ1n) is 5.68. The summed E-state index contributed by atoms with van der Waals surface area (Å²) in [7, 11) is 0. The Hall–Kier alpha value is -1.72. The predicted octanol–water partition coefficient (Wildman–Crippen LogP) is 1.15. The minimum Gasteiger partial charge on any atom is -0.380 e. The van der Waals surface area contributed by atoms with E-state index in [9.17, 15) is 0 Å². The van der Waals surface area contributed by atoms with E-state index in [1.54, 1.807) is 4.52 Å². The third kappa shape index (κ3) is 1.41. The van der Waals surface area contributed by atoms with E-state index in [-0.39, 0.29) is 0 Å². The normalized spacial score (nSPS) is 18.0. The molecule has 1 aliphatic rings. The molecule has 0 aliphatic heterocycles. The van der Waals surface area contributed by atoms with Crippen LogP contribution in [0.5, 0.6) is 0 Å².